The first-order valence-corrected chi connectivity index (χ1v) is 6.57. The van der Waals surface area contributed by atoms with Crippen molar-refractivity contribution in [1.82, 2.24) is 5.32 Å². The van der Waals surface area contributed by atoms with Crippen LogP contribution in [0.5, 0.6) is 0 Å². The third kappa shape index (κ3) is 3.65. The van der Waals surface area contributed by atoms with E-state index in [4.69, 9.17) is 23.2 Å². The predicted octanol–water partition coefficient (Wildman–Crippen LogP) is 4.83. The Kier molecular flexibility index (Phi) is 6.18. The Morgan fingerprint density at radius 2 is 2.00 bits per heavy atom. The zero-order chi connectivity index (χ0) is 12.0. The standard InChI is InChI=1S/C13H19Cl2N/c1-3-4-5-9-12(16-2)10-7-6-8-11(14)13(10)15/h6-8,12,16H,3-5,9H2,1-2H3. The van der Waals surface area contributed by atoms with Crippen molar-refractivity contribution >= 4 is 23.2 Å². The van der Waals surface area contributed by atoms with Gasteiger partial charge in [-0.05, 0) is 25.1 Å². The van der Waals surface area contributed by atoms with Crippen LogP contribution in [0.4, 0.5) is 0 Å². The highest BCUT2D eigenvalue weighted by Gasteiger charge is 2.13. The van der Waals surface area contributed by atoms with Crippen molar-refractivity contribution in [2.75, 3.05) is 7.05 Å². The van der Waals surface area contributed by atoms with E-state index < -0.39 is 0 Å². The average molecular weight is 260 g/mol. The van der Waals surface area contributed by atoms with Gasteiger partial charge in [-0.1, -0.05) is 61.5 Å². The number of hydrogen-bond donors (Lipinski definition) is 1. The van der Waals surface area contributed by atoms with E-state index in [1.54, 1.807) is 0 Å². The fraction of sp³-hybridized carbons (Fsp3) is 0.538. The Morgan fingerprint density at radius 3 is 2.62 bits per heavy atom. The van der Waals surface area contributed by atoms with Crippen LogP contribution in [-0.4, -0.2) is 7.05 Å². The Balaban J connectivity index is 2.74. The number of hydrogen-bond acceptors (Lipinski definition) is 1. The summed E-state index contributed by atoms with van der Waals surface area (Å²) in [6, 6.07) is 6.12. The van der Waals surface area contributed by atoms with Crippen molar-refractivity contribution in [1.29, 1.82) is 0 Å². The van der Waals surface area contributed by atoms with Gasteiger partial charge in [0, 0.05) is 6.04 Å². The summed E-state index contributed by atoms with van der Waals surface area (Å²) in [4.78, 5) is 0. The molecule has 90 valence electrons. The lowest BCUT2D eigenvalue weighted by Crippen LogP contribution is -2.16. The lowest BCUT2D eigenvalue weighted by atomic mass is 10.0. The topological polar surface area (TPSA) is 12.0 Å². The number of unbranched alkanes of at least 4 members (excludes halogenated alkanes) is 2. The molecule has 0 aliphatic carbocycles. The van der Waals surface area contributed by atoms with Gasteiger partial charge in [0.25, 0.3) is 0 Å². The van der Waals surface area contributed by atoms with Crippen LogP contribution in [0, 0.1) is 0 Å². The predicted molar refractivity (Wildman–Crippen MR) is 72.4 cm³/mol. The van der Waals surface area contributed by atoms with Gasteiger partial charge in [-0.25, -0.2) is 0 Å². The minimum atomic E-state index is 0.303. The molecule has 0 fully saturated rings. The summed E-state index contributed by atoms with van der Waals surface area (Å²) in [5.74, 6) is 0. The average Bonchev–Trinajstić information content (AvgIpc) is 2.29. The molecule has 16 heavy (non-hydrogen) atoms. The summed E-state index contributed by atoms with van der Waals surface area (Å²) in [7, 11) is 1.97. The maximum absolute atomic E-state index is 6.21. The van der Waals surface area contributed by atoms with E-state index >= 15 is 0 Å². The summed E-state index contributed by atoms with van der Waals surface area (Å²) in [6.07, 6.45) is 4.81. The summed E-state index contributed by atoms with van der Waals surface area (Å²) < 4.78 is 0. The van der Waals surface area contributed by atoms with Crippen molar-refractivity contribution < 1.29 is 0 Å². The van der Waals surface area contributed by atoms with E-state index in [2.05, 4.69) is 12.2 Å². The quantitative estimate of drug-likeness (QED) is 0.722. The molecule has 0 bridgehead atoms. The summed E-state index contributed by atoms with van der Waals surface area (Å²) in [5.41, 5.74) is 1.10. The fourth-order valence-electron chi connectivity index (χ4n) is 1.84. The highest BCUT2D eigenvalue weighted by Crippen LogP contribution is 2.31. The molecule has 0 heterocycles. The fourth-order valence-corrected chi connectivity index (χ4v) is 2.28. The molecule has 0 amide bonds. The number of benzene rings is 1. The van der Waals surface area contributed by atoms with E-state index in [1.165, 1.54) is 19.3 Å². The number of rotatable bonds is 6. The van der Waals surface area contributed by atoms with E-state index in [0.29, 0.717) is 16.1 Å². The van der Waals surface area contributed by atoms with Crippen molar-refractivity contribution in [3.63, 3.8) is 0 Å². The van der Waals surface area contributed by atoms with Gasteiger partial charge in [0.15, 0.2) is 0 Å². The minimum Gasteiger partial charge on any atom is -0.313 e. The third-order valence-electron chi connectivity index (χ3n) is 2.80. The van der Waals surface area contributed by atoms with Gasteiger partial charge >= 0.3 is 0 Å². The summed E-state index contributed by atoms with van der Waals surface area (Å²) >= 11 is 12.2. The molecule has 0 saturated carbocycles. The van der Waals surface area contributed by atoms with Crippen molar-refractivity contribution in [2.45, 2.75) is 38.6 Å². The largest absolute Gasteiger partial charge is 0.313 e. The van der Waals surface area contributed by atoms with Gasteiger partial charge in [-0.2, -0.15) is 0 Å². The Morgan fingerprint density at radius 1 is 1.25 bits per heavy atom. The highest BCUT2D eigenvalue weighted by atomic mass is 35.5. The van der Waals surface area contributed by atoms with Crippen molar-refractivity contribution in [3.05, 3.63) is 33.8 Å². The molecule has 0 saturated heterocycles. The SMILES string of the molecule is CCCCCC(NC)c1cccc(Cl)c1Cl. The Labute approximate surface area is 108 Å². The maximum atomic E-state index is 6.21. The molecule has 0 aliphatic heterocycles. The molecule has 0 aromatic heterocycles. The van der Waals surface area contributed by atoms with Gasteiger partial charge < -0.3 is 5.32 Å². The van der Waals surface area contributed by atoms with Crippen LogP contribution in [0.3, 0.4) is 0 Å². The lowest BCUT2D eigenvalue weighted by molar-refractivity contribution is 0.512. The van der Waals surface area contributed by atoms with Gasteiger partial charge in [0.1, 0.15) is 0 Å². The smallest absolute Gasteiger partial charge is 0.0640 e. The first kappa shape index (κ1) is 13.8. The normalized spacial score (nSPS) is 12.8. The van der Waals surface area contributed by atoms with Crippen LogP contribution in [0.1, 0.15) is 44.2 Å². The number of nitrogens with one attached hydrogen (secondary N) is 1. The van der Waals surface area contributed by atoms with Crippen LogP contribution < -0.4 is 5.32 Å². The van der Waals surface area contributed by atoms with Crippen LogP contribution in [-0.2, 0) is 0 Å². The van der Waals surface area contributed by atoms with Crippen molar-refractivity contribution in [3.8, 4) is 0 Å². The molecule has 3 heteroatoms. The van der Waals surface area contributed by atoms with Crippen LogP contribution in [0.15, 0.2) is 18.2 Å². The maximum Gasteiger partial charge on any atom is 0.0640 e. The molecule has 1 rings (SSSR count). The van der Waals surface area contributed by atoms with E-state index in [-0.39, 0.29) is 0 Å². The molecule has 1 aromatic rings. The zero-order valence-electron chi connectivity index (χ0n) is 9.89. The molecular formula is C13H19Cl2N. The molecule has 1 N–H and O–H groups in total. The monoisotopic (exact) mass is 259 g/mol. The number of halogens is 2. The summed E-state index contributed by atoms with van der Waals surface area (Å²) in [6.45, 7) is 2.21. The molecular weight excluding hydrogens is 241 g/mol. The van der Waals surface area contributed by atoms with Gasteiger partial charge in [-0.15, -0.1) is 0 Å². The summed E-state index contributed by atoms with van der Waals surface area (Å²) in [5, 5.41) is 4.62. The third-order valence-corrected chi connectivity index (χ3v) is 3.64. The molecule has 0 spiro atoms. The first-order valence-electron chi connectivity index (χ1n) is 5.81. The minimum absolute atomic E-state index is 0.303. The Bertz CT molecular complexity index is 326. The van der Waals surface area contributed by atoms with Crippen LogP contribution >= 0.6 is 23.2 Å². The second-order valence-electron chi connectivity index (χ2n) is 3.98. The van der Waals surface area contributed by atoms with Crippen LogP contribution in [0.2, 0.25) is 10.0 Å². The second-order valence-corrected chi connectivity index (χ2v) is 4.77. The lowest BCUT2D eigenvalue weighted by Gasteiger charge is -2.18. The molecule has 0 aliphatic rings. The second kappa shape index (κ2) is 7.16. The molecule has 1 unspecified atom stereocenters. The Hall–Kier alpha value is -0.240. The molecule has 1 atom stereocenters. The highest BCUT2D eigenvalue weighted by molar-refractivity contribution is 6.42. The first-order chi connectivity index (χ1) is 7.70. The van der Waals surface area contributed by atoms with Gasteiger partial charge in [0.05, 0.1) is 10.0 Å². The van der Waals surface area contributed by atoms with Crippen LogP contribution in [0.25, 0.3) is 0 Å². The van der Waals surface area contributed by atoms with Crippen molar-refractivity contribution in [2.24, 2.45) is 0 Å². The zero-order valence-corrected chi connectivity index (χ0v) is 11.4. The molecule has 1 nitrogen and oxygen atoms in total. The molecule has 0 radical (unpaired) electrons. The van der Waals surface area contributed by atoms with E-state index in [9.17, 15) is 0 Å². The van der Waals surface area contributed by atoms with E-state index in [0.717, 1.165) is 12.0 Å². The van der Waals surface area contributed by atoms with Gasteiger partial charge in [-0.3, -0.25) is 0 Å². The molecule has 1 aromatic carbocycles. The van der Waals surface area contributed by atoms with E-state index in [1.807, 2.05) is 25.2 Å². The van der Waals surface area contributed by atoms with Gasteiger partial charge in [0.2, 0.25) is 0 Å².